The first-order valence-corrected chi connectivity index (χ1v) is 5.53. The lowest BCUT2D eigenvalue weighted by atomic mass is 10.1. The van der Waals surface area contributed by atoms with E-state index in [1.54, 1.807) is 0 Å². The number of rotatable bonds is 0. The zero-order valence-electron chi connectivity index (χ0n) is 7.95. The number of hydrogen-bond acceptors (Lipinski definition) is 1. The number of thiophene rings is 1. The zero-order chi connectivity index (χ0) is 9.54. The van der Waals surface area contributed by atoms with Crippen molar-refractivity contribution in [1.82, 2.24) is 0 Å². The molecule has 0 aliphatic heterocycles. The molecule has 66 valence electrons. The Balaban J connectivity index is 2.51. The lowest BCUT2D eigenvalue weighted by molar-refractivity contribution is 1.81. The molecule has 0 bridgehead atoms. The van der Waals surface area contributed by atoms with Gasteiger partial charge < -0.3 is 0 Å². The van der Waals surface area contributed by atoms with Crippen molar-refractivity contribution in [2.45, 2.75) is 0 Å². The lowest BCUT2D eigenvalue weighted by Gasteiger charge is -1.96. The smallest absolute Gasteiger partial charge is 0.151 e. The first kappa shape index (κ1) is 8.07. The van der Waals surface area contributed by atoms with Gasteiger partial charge in [-0.05, 0) is 33.1 Å². The summed E-state index contributed by atoms with van der Waals surface area (Å²) in [4.78, 5) is 0. The van der Waals surface area contributed by atoms with Gasteiger partial charge in [-0.3, -0.25) is 0 Å². The van der Waals surface area contributed by atoms with Crippen molar-refractivity contribution in [2.75, 3.05) is 0 Å². The third-order valence-electron chi connectivity index (χ3n) is 2.51. The van der Waals surface area contributed by atoms with Crippen molar-refractivity contribution in [3.05, 3.63) is 42.5 Å². The SMILES string of the molecule is Bc1cc2cc3ccccc3cc2s1. The Bertz CT molecular complexity index is 557. The van der Waals surface area contributed by atoms with Gasteiger partial charge in [0.25, 0.3) is 0 Å². The summed E-state index contributed by atoms with van der Waals surface area (Å²) in [6, 6.07) is 15.3. The predicted molar refractivity (Wildman–Crippen MR) is 67.5 cm³/mol. The van der Waals surface area contributed by atoms with Crippen LogP contribution in [0.3, 0.4) is 0 Å². The second-order valence-corrected chi connectivity index (χ2v) is 4.88. The Kier molecular flexibility index (Phi) is 1.65. The van der Waals surface area contributed by atoms with Crippen molar-refractivity contribution in [3.63, 3.8) is 0 Å². The molecule has 1 heterocycles. The molecule has 0 unspecified atom stereocenters. The minimum absolute atomic E-state index is 1.33. The maximum atomic E-state index is 2.28. The Morgan fingerprint density at radius 3 is 2.36 bits per heavy atom. The quantitative estimate of drug-likeness (QED) is 0.484. The molecular formula is C12H9BS. The summed E-state index contributed by atoms with van der Waals surface area (Å²) in [5, 5.41) is 4.03. The van der Waals surface area contributed by atoms with Gasteiger partial charge in [-0.25, -0.2) is 0 Å². The van der Waals surface area contributed by atoms with E-state index in [1.165, 1.54) is 25.6 Å². The van der Waals surface area contributed by atoms with E-state index in [1.807, 2.05) is 11.3 Å². The van der Waals surface area contributed by atoms with Crippen LogP contribution >= 0.6 is 11.3 Å². The maximum absolute atomic E-state index is 2.28. The van der Waals surface area contributed by atoms with Crippen molar-refractivity contribution in [3.8, 4) is 0 Å². The van der Waals surface area contributed by atoms with E-state index in [0.29, 0.717) is 0 Å². The van der Waals surface area contributed by atoms with E-state index in [0.717, 1.165) is 0 Å². The van der Waals surface area contributed by atoms with Crippen molar-refractivity contribution >= 4 is 44.8 Å². The molecule has 0 fully saturated rings. The van der Waals surface area contributed by atoms with Gasteiger partial charge in [0.1, 0.15) is 0 Å². The summed E-state index contributed by atoms with van der Waals surface area (Å²) < 4.78 is 2.77. The summed E-state index contributed by atoms with van der Waals surface area (Å²) in [5.74, 6) is 0. The molecule has 3 rings (SSSR count). The van der Waals surface area contributed by atoms with Crippen molar-refractivity contribution in [1.29, 1.82) is 0 Å². The molecule has 0 saturated heterocycles. The highest BCUT2D eigenvalue weighted by Crippen LogP contribution is 2.25. The Morgan fingerprint density at radius 1 is 0.857 bits per heavy atom. The van der Waals surface area contributed by atoms with E-state index in [4.69, 9.17) is 0 Å². The third-order valence-corrected chi connectivity index (χ3v) is 3.52. The lowest BCUT2D eigenvalue weighted by Crippen LogP contribution is -1.88. The van der Waals surface area contributed by atoms with Gasteiger partial charge >= 0.3 is 0 Å². The van der Waals surface area contributed by atoms with E-state index < -0.39 is 0 Å². The zero-order valence-corrected chi connectivity index (χ0v) is 8.77. The van der Waals surface area contributed by atoms with E-state index >= 15 is 0 Å². The molecule has 0 saturated carbocycles. The van der Waals surface area contributed by atoms with Crippen molar-refractivity contribution in [2.24, 2.45) is 0 Å². The molecule has 0 nitrogen and oxygen atoms in total. The molecule has 14 heavy (non-hydrogen) atoms. The Labute approximate surface area is 87.6 Å². The molecule has 0 amide bonds. The fourth-order valence-corrected chi connectivity index (χ4v) is 2.81. The molecule has 0 N–H and O–H groups in total. The molecule has 0 aliphatic rings. The average Bonchev–Trinajstić information content (AvgIpc) is 2.53. The highest BCUT2D eigenvalue weighted by atomic mass is 32.1. The van der Waals surface area contributed by atoms with Crippen LogP contribution in [0.15, 0.2) is 42.5 Å². The van der Waals surface area contributed by atoms with Gasteiger partial charge in [-0.15, -0.1) is 0 Å². The normalized spacial score (nSPS) is 11.1. The van der Waals surface area contributed by atoms with Gasteiger partial charge in [0.2, 0.25) is 0 Å². The molecule has 0 atom stereocenters. The van der Waals surface area contributed by atoms with Crippen molar-refractivity contribution < 1.29 is 0 Å². The Morgan fingerprint density at radius 2 is 1.57 bits per heavy atom. The van der Waals surface area contributed by atoms with Gasteiger partial charge in [0.15, 0.2) is 7.85 Å². The molecule has 0 spiro atoms. The number of benzene rings is 2. The number of hydrogen-bond donors (Lipinski definition) is 0. The van der Waals surface area contributed by atoms with Gasteiger partial charge in [-0.1, -0.05) is 30.3 Å². The second kappa shape index (κ2) is 2.86. The van der Waals surface area contributed by atoms with Gasteiger partial charge in [0, 0.05) is 4.70 Å². The first-order chi connectivity index (χ1) is 6.83. The summed E-state index contributed by atoms with van der Waals surface area (Å²) in [6.07, 6.45) is 0. The molecule has 0 aliphatic carbocycles. The fraction of sp³-hybridized carbons (Fsp3) is 0. The molecule has 3 aromatic rings. The highest BCUT2D eigenvalue weighted by molar-refractivity contribution is 7.26. The minimum atomic E-state index is 1.33. The van der Waals surface area contributed by atoms with Crippen LogP contribution in [-0.2, 0) is 0 Å². The summed E-state index contributed by atoms with van der Waals surface area (Å²) in [5.41, 5.74) is 0. The van der Waals surface area contributed by atoms with Crippen LogP contribution in [-0.4, -0.2) is 7.85 Å². The van der Waals surface area contributed by atoms with Gasteiger partial charge in [0.05, 0.1) is 0 Å². The average molecular weight is 196 g/mol. The van der Waals surface area contributed by atoms with E-state index in [-0.39, 0.29) is 0 Å². The van der Waals surface area contributed by atoms with E-state index in [9.17, 15) is 0 Å². The topological polar surface area (TPSA) is 0 Å². The van der Waals surface area contributed by atoms with Crippen LogP contribution in [0.4, 0.5) is 0 Å². The monoisotopic (exact) mass is 196 g/mol. The molecule has 1 aromatic heterocycles. The predicted octanol–water partition coefficient (Wildman–Crippen LogP) is 2.31. The summed E-state index contributed by atoms with van der Waals surface area (Å²) in [6.45, 7) is 0. The van der Waals surface area contributed by atoms with Crippen LogP contribution in [0, 0.1) is 0 Å². The third kappa shape index (κ3) is 1.15. The number of fused-ring (bicyclic) bond motifs is 2. The molecular weight excluding hydrogens is 187 g/mol. The molecule has 2 heteroatoms. The van der Waals surface area contributed by atoms with Crippen LogP contribution in [0.1, 0.15) is 0 Å². The van der Waals surface area contributed by atoms with Crippen LogP contribution < -0.4 is 4.78 Å². The highest BCUT2D eigenvalue weighted by Gasteiger charge is 1.99. The Hall–Kier alpha value is -1.28. The first-order valence-electron chi connectivity index (χ1n) is 4.72. The standard InChI is InChI=1S/C12H9BS/c13-12-7-10-5-8-3-1-2-4-9(8)6-11(10)14-12/h1-7H,13H2. The van der Waals surface area contributed by atoms with Crippen LogP contribution in [0.25, 0.3) is 20.9 Å². The maximum Gasteiger partial charge on any atom is 0.152 e. The summed E-state index contributed by atoms with van der Waals surface area (Å²) >= 11 is 1.87. The van der Waals surface area contributed by atoms with E-state index in [2.05, 4.69) is 50.3 Å². The second-order valence-electron chi connectivity index (χ2n) is 3.59. The fourth-order valence-electron chi connectivity index (χ4n) is 1.86. The van der Waals surface area contributed by atoms with Crippen LogP contribution in [0.2, 0.25) is 0 Å². The van der Waals surface area contributed by atoms with Gasteiger partial charge in [-0.2, -0.15) is 11.3 Å². The largest absolute Gasteiger partial charge is 0.152 e. The van der Waals surface area contributed by atoms with Crippen LogP contribution in [0.5, 0.6) is 0 Å². The summed E-state index contributed by atoms with van der Waals surface area (Å²) in [7, 11) is 2.16. The minimum Gasteiger partial charge on any atom is -0.151 e. The molecule has 0 radical (unpaired) electrons. The molecule has 2 aromatic carbocycles.